The number of rotatable bonds is 3. The molecule has 62 valence electrons. The van der Waals surface area contributed by atoms with Crippen molar-refractivity contribution < 1.29 is 13.9 Å². The first-order chi connectivity index (χ1) is 4.41. The van der Waals surface area contributed by atoms with E-state index < -0.39 is 36.7 Å². The highest BCUT2D eigenvalue weighted by Gasteiger charge is 2.37. The number of aliphatic hydroxyl groups is 1. The summed E-state index contributed by atoms with van der Waals surface area (Å²) in [6.45, 7) is 3.13. The Bertz CT molecular complexity index is 125. The lowest BCUT2D eigenvalue weighted by atomic mass is 10.1. The van der Waals surface area contributed by atoms with Gasteiger partial charge in [0.2, 0.25) is 0 Å². The second kappa shape index (κ2) is 3.71. The molecule has 0 rings (SSSR count). The minimum Gasteiger partial charge on any atom is -0.386 e. The number of halogens is 3. The molecule has 0 aromatic carbocycles. The molecule has 0 amide bonds. The predicted octanol–water partition coefficient (Wildman–Crippen LogP) is 2.00. The van der Waals surface area contributed by atoms with E-state index in [1.807, 2.05) is 0 Å². The summed E-state index contributed by atoms with van der Waals surface area (Å²) in [5, 5.41) is 8.89. The van der Waals surface area contributed by atoms with Gasteiger partial charge in [0.1, 0.15) is 6.10 Å². The Hall–Kier alpha value is 0.420. The summed E-state index contributed by atoms with van der Waals surface area (Å²) in [7, 11) is 0. The van der Waals surface area contributed by atoms with Crippen molar-refractivity contribution in [1.29, 1.82) is 0 Å². The Morgan fingerprint density at radius 1 is 1.50 bits per heavy atom. The molecule has 10 heavy (non-hydrogen) atoms. The fraction of sp³-hybridized carbons (Fsp3) is 0.833. The first-order valence-corrected chi connectivity index (χ1v) is 5.47. The fourth-order valence-electron chi connectivity index (χ4n) is 0.457. The fourth-order valence-corrected chi connectivity index (χ4v) is 1.63. The molecular weight excluding hydrogens is 253 g/mol. The van der Waals surface area contributed by atoms with E-state index >= 15 is 0 Å². The quantitative estimate of drug-likeness (QED) is 0.610. The van der Waals surface area contributed by atoms with E-state index in [1.54, 1.807) is 13.8 Å². The molecular formula is C6H11F2IO. The molecule has 4 heteroatoms. The van der Waals surface area contributed by atoms with Crippen LogP contribution in [0.2, 0.25) is 0 Å². The van der Waals surface area contributed by atoms with Crippen molar-refractivity contribution >= 4 is 25.2 Å². The molecule has 0 aliphatic heterocycles. The van der Waals surface area contributed by atoms with Gasteiger partial charge in [-0.05, 0) is 26.6 Å². The third-order valence-corrected chi connectivity index (χ3v) is 2.80. The number of aliphatic hydroxyl groups excluding tert-OH is 1. The van der Waals surface area contributed by atoms with Crippen molar-refractivity contribution in [2.45, 2.75) is 23.9 Å². The van der Waals surface area contributed by atoms with E-state index in [4.69, 9.17) is 5.11 Å². The van der Waals surface area contributed by atoms with Gasteiger partial charge in [-0.2, -0.15) is 8.78 Å². The number of alkyl halides is 3. The van der Waals surface area contributed by atoms with Crippen molar-refractivity contribution in [2.24, 2.45) is 5.92 Å². The van der Waals surface area contributed by atoms with Crippen molar-refractivity contribution in [3.05, 3.63) is 0 Å². The molecule has 0 fully saturated rings. The largest absolute Gasteiger partial charge is 0.386 e. The van der Waals surface area contributed by atoms with Gasteiger partial charge in [-0.15, -0.1) is 0 Å². The maximum Gasteiger partial charge on any atom is 0.316 e. The standard InChI is InChI=1S/C6H11F2IO/c1-4(2)5(10)6(7,8)9-3/h4-5,10H,3H2,1-2H3. The zero-order valence-corrected chi connectivity index (χ0v) is 8.10. The topological polar surface area (TPSA) is 20.2 Å². The minimum atomic E-state index is -2.92. The maximum absolute atomic E-state index is 12.5. The van der Waals surface area contributed by atoms with E-state index in [0.29, 0.717) is 0 Å². The third-order valence-electron chi connectivity index (χ3n) is 1.15. The minimum absolute atomic E-state index is 0.392. The van der Waals surface area contributed by atoms with Gasteiger partial charge in [0, 0.05) is 0 Å². The Morgan fingerprint density at radius 3 is 2.00 bits per heavy atom. The smallest absolute Gasteiger partial charge is 0.316 e. The molecule has 0 heterocycles. The van der Waals surface area contributed by atoms with Crippen molar-refractivity contribution in [1.82, 2.24) is 0 Å². The summed E-state index contributed by atoms with van der Waals surface area (Å²) in [6.07, 6.45) is -1.52. The molecule has 1 N–H and O–H groups in total. The van der Waals surface area contributed by atoms with Gasteiger partial charge in [0.25, 0.3) is 0 Å². The third kappa shape index (κ3) is 2.57. The zero-order valence-electron chi connectivity index (χ0n) is 5.94. The van der Waals surface area contributed by atoms with Gasteiger partial charge >= 0.3 is 3.93 Å². The van der Waals surface area contributed by atoms with Gasteiger partial charge in [-0.3, -0.25) is 0 Å². The van der Waals surface area contributed by atoms with Crippen LogP contribution in [0.25, 0.3) is 0 Å². The summed E-state index contributed by atoms with van der Waals surface area (Å²) in [5.74, 6) is -0.392. The second-order valence-corrected chi connectivity index (χ2v) is 4.57. The highest BCUT2D eigenvalue weighted by atomic mass is 127. The van der Waals surface area contributed by atoms with Crippen LogP contribution in [0.4, 0.5) is 8.78 Å². The molecule has 1 unspecified atom stereocenters. The van der Waals surface area contributed by atoms with E-state index in [-0.39, 0.29) is 0 Å². The molecule has 1 nitrogen and oxygen atoms in total. The molecule has 0 aromatic rings. The van der Waals surface area contributed by atoms with Crippen LogP contribution in [0.5, 0.6) is 0 Å². The molecule has 0 saturated carbocycles. The van der Waals surface area contributed by atoms with Crippen LogP contribution < -0.4 is 0 Å². The van der Waals surface area contributed by atoms with Gasteiger partial charge in [0.05, 0.1) is 0 Å². The predicted molar refractivity (Wildman–Crippen MR) is 46.9 cm³/mol. The summed E-state index contributed by atoms with van der Waals surface area (Å²) in [4.78, 5) is 0. The lowest BCUT2D eigenvalue weighted by Crippen LogP contribution is -2.32. The van der Waals surface area contributed by atoms with E-state index in [9.17, 15) is 8.78 Å². The van der Waals surface area contributed by atoms with E-state index in [2.05, 4.69) is 4.51 Å². The van der Waals surface area contributed by atoms with E-state index in [1.165, 1.54) is 0 Å². The Kier molecular flexibility index (Phi) is 3.86. The normalized spacial score (nSPS) is 15.8. The molecule has 0 saturated heterocycles. The average Bonchev–Trinajstić information content (AvgIpc) is 1.86. The van der Waals surface area contributed by atoms with Crippen LogP contribution in [0.3, 0.4) is 0 Å². The highest BCUT2D eigenvalue weighted by Crippen LogP contribution is 2.34. The summed E-state index contributed by atoms with van der Waals surface area (Å²) >= 11 is -1.45. The molecule has 0 radical (unpaired) electrons. The van der Waals surface area contributed by atoms with Crippen LogP contribution in [-0.2, 0) is 0 Å². The highest BCUT2D eigenvalue weighted by molar-refractivity contribution is 14.2. The van der Waals surface area contributed by atoms with Crippen LogP contribution in [0, 0.1) is 5.92 Å². The van der Waals surface area contributed by atoms with Crippen molar-refractivity contribution in [2.75, 3.05) is 0 Å². The Morgan fingerprint density at radius 2 is 1.90 bits per heavy atom. The second-order valence-electron chi connectivity index (χ2n) is 2.36. The molecule has 0 aliphatic rings. The lowest BCUT2D eigenvalue weighted by molar-refractivity contribution is -0.0435. The average molecular weight is 264 g/mol. The maximum atomic E-state index is 12.5. The molecule has 0 aromatic heterocycles. The number of hydrogen-bond acceptors (Lipinski definition) is 1. The monoisotopic (exact) mass is 264 g/mol. The van der Waals surface area contributed by atoms with Crippen LogP contribution in [0.15, 0.2) is 0 Å². The number of hydrogen-bond donors (Lipinski definition) is 1. The molecule has 0 spiro atoms. The summed E-state index contributed by atoms with van der Waals surface area (Å²) in [5.41, 5.74) is 0. The first-order valence-electron chi connectivity index (χ1n) is 2.87. The molecule has 1 atom stereocenters. The van der Waals surface area contributed by atoms with Crippen molar-refractivity contribution in [3.8, 4) is 0 Å². The van der Waals surface area contributed by atoms with Gasteiger partial charge in [-0.25, -0.2) is 0 Å². The van der Waals surface area contributed by atoms with E-state index in [0.717, 1.165) is 0 Å². The van der Waals surface area contributed by atoms with Gasteiger partial charge in [-0.1, -0.05) is 18.4 Å². The van der Waals surface area contributed by atoms with Crippen LogP contribution in [-0.4, -0.2) is 19.7 Å². The zero-order chi connectivity index (χ0) is 8.36. The summed E-state index contributed by atoms with van der Waals surface area (Å²) in [6, 6.07) is 0. The summed E-state index contributed by atoms with van der Waals surface area (Å²) < 4.78 is 25.3. The molecule has 0 aliphatic carbocycles. The van der Waals surface area contributed by atoms with Crippen LogP contribution >= 0.6 is 20.7 Å². The Labute approximate surface area is 69.2 Å². The van der Waals surface area contributed by atoms with Gasteiger partial charge < -0.3 is 5.11 Å². The molecule has 0 bridgehead atoms. The Balaban J connectivity index is 4.17. The van der Waals surface area contributed by atoms with Crippen LogP contribution in [0.1, 0.15) is 13.8 Å². The first kappa shape index (κ1) is 10.4. The van der Waals surface area contributed by atoms with Crippen molar-refractivity contribution in [3.63, 3.8) is 0 Å². The lowest BCUT2D eigenvalue weighted by Gasteiger charge is -2.20. The van der Waals surface area contributed by atoms with Gasteiger partial charge in [0.15, 0.2) is 0 Å². The SMILES string of the molecule is C=IC(F)(F)C(O)C(C)C.